The zero-order chi connectivity index (χ0) is 24.7. The molecule has 8 nitrogen and oxygen atoms in total. The van der Waals surface area contributed by atoms with Gasteiger partial charge in [-0.25, -0.2) is 4.79 Å². The Balaban J connectivity index is 1.17. The molecular formula is C27H37N3O5. The summed E-state index contributed by atoms with van der Waals surface area (Å²) < 4.78 is 5.23. The number of esters is 1. The van der Waals surface area contributed by atoms with Crippen molar-refractivity contribution in [3.63, 3.8) is 0 Å². The number of carbonyl (C=O) groups is 2. The smallest absolute Gasteiger partial charge is 0.338 e. The molecule has 0 spiro atoms. The van der Waals surface area contributed by atoms with Crippen LogP contribution in [0.4, 0.5) is 11.4 Å². The van der Waals surface area contributed by atoms with E-state index in [-0.39, 0.29) is 29.2 Å². The van der Waals surface area contributed by atoms with Crippen LogP contribution in [0, 0.1) is 45.1 Å². The van der Waals surface area contributed by atoms with Crippen molar-refractivity contribution in [2.24, 2.45) is 35.0 Å². The molecule has 0 unspecified atom stereocenters. The summed E-state index contributed by atoms with van der Waals surface area (Å²) in [5.74, 6) is 2.30. The molecule has 2 atom stereocenters. The van der Waals surface area contributed by atoms with Gasteiger partial charge in [-0.05, 0) is 92.1 Å². The summed E-state index contributed by atoms with van der Waals surface area (Å²) in [6, 6.07) is 4.46. The van der Waals surface area contributed by atoms with Gasteiger partial charge in [0.25, 0.3) is 11.6 Å². The van der Waals surface area contributed by atoms with Crippen molar-refractivity contribution in [1.82, 2.24) is 5.32 Å². The minimum absolute atomic E-state index is 0.0902. The summed E-state index contributed by atoms with van der Waals surface area (Å²) in [6.45, 7) is 6.07. The predicted molar refractivity (Wildman–Crippen MR) is 132 cm³/mol. The van der Waals surface area contributed by atoms with Gasteiger partial charge in [0, 0.05) is 25.7 Å². The van der Waals surface area contributed by atoms with Crippen LogP contribution >= 0.6 is 0 Å². The monoisotopic (exact) mass is 483 g/mol. The highest BCUT2D eigenvalue weighted by Crippen LogP contribution is 2.59. The maximum atomic E-state index is 12.6. The molecule has 1 saturated heterocycles. The normalized spacial score (nSPS) is 33.4. The van der Waals surface area contributed by atoms with Crippen molar-refractivity contribution < 1.29 is 19.2 Å². The second-order valence-corrected chi connectivity index (χ2v) is 12.1. The number of piperidine rings is 1. The fraction of sp³-hybridized carbons (Fsp3) is 0.704. The van der Waals surface area contributed by atoms with Crippen molar-refractivity contribution in [2.75, 3.05) is 31.1 Å². The number of nitro groups is 1. The van der Waals surface area contributed by atoms with Crippen LogP contribution in [0.15, 0.2) is 18.2 Å². The molecule has 190 valence electrons. The summed E-state index contributed by atoms with van der Waals surface area (Å²) >= 11 is 0. The molecule has 1 aliphatic heterocycles. The molecule has 6 rings (SSSR count). The molecule has 4 aliphatic carbocycles. The first kappa shape index (κ1) is 24.1. The van der Waals surface area contributed by atoms with Crippen LogP contribution in [0.5, 0.6) is 0 Å². The SMILES string of the molecule is C[C@@H]1C[C@H](C)CN(c2ccc(C(=O)OCC(=O)NCC34CC5CC(CC(C5)C3)C4)cc2[N+](=O)[O-])C1. The van der Waals surface area contributed by atoms with E-state index in [0.29, 0.717) is 24.1 Å². The molecule has 8 heteroatoms. The molecule has 1 aromatic carbocycles. The molecule has 5 aliphatic rings. The number of carbonyl (C=O) groups excluding carboxylic acids is 2. The predicted octanol–water partition coefficient (Wildman–Crippen LogP) is 4.57. The van der Waals surface area contributed by atoms with E-state index in [4.69, 9.17) is 4.74 Å². The average Bonchev–Trinajstić information content (AvgIpc) is 2.79. The maximum Gasteiger partial charge on any atom is 0.338 e. The van der Waals surface area contributed by atoms with Crippen molar-refractivity contribution in [2.45, 2.75) is 58.8 Å². The van der Waals surface area contributed by atoms with Crippen LogP contribution in [0.2, 0.25) is 0 Å². The number of nitro benzene ring substituents is 1. The number of ether oxygens (including phenoxy) is 1. The summed E-state index contributed by atoms with van der Waals surface area (Å²) in [5, 5.41) is 14.8. The van der Waals surface area contributed by atoms with E-state index in [2.05, 4.69) is 19.2 Å². The lowest BCUT2D eigenvalue weighted by molar-refractivity contribution is -0.384. The number of anilines is 1. The van der Waals surface area contributed by atoms with Crippen LogP contribution in [0.3, 0.4) is 0 Å². The van der Waals surface area contributed by atoms with E-state index in [1.807, 2.05) is 4.90 Å². The highest BCUT2D eigenvalue weighted by atomic mass is 16.6. The van der Waals surface area contributed by atoms with Gasteiger partial charge in [0.2, 0.25) is 0 Å². The van der Waals surface area contributed by atoms with Crippen molar-refractivity contribution in [1.29, 1.82) is 0 Å². The van der Waals surface area contributed by atoms with Gasteiger partial charge in [-0.2, -0.15) is 0 Å². The first-order chi connectivity index (χ1) is 16.7. The minimum atomic E-state index is -0.718. The van der Waals surface area contributed by atoms with Gasteiger partial charge in [-0.15, -0.1) is 0 Å². The fourth-order valence-corrected chi connectivity index (χ4v) is 7.98. The Morgan fingerprint density at radius 2 is 1.66 bits per heavy atom. The van der Waals surface area contributed by atoms with E-state index in [1.165, 1.54) is 44.6 Å². The number of nitrogens with one attached hydrogen (secondary N) is 1. The molecule has 4 bridgehead atoms. The zero-order valence-corrected chi connectivity index (χ0v) is 20.8. The first-order valence-corrected chi connectivity index (χ1v) is 13.2. The Morgan fingerprint density at radius 3 is 2.23 bits per heavy atom. The molecule has 1 heterocycles. The highest BCUT2D eigenvalue weighted by molar-refractivity contribution is 5.93. The number of benzene rings is 1. The Bertz CT molecular complexity index is 963. The third-order valence-corrected chi connectivity index (χ3v) is 8.78. The van der Waals surface area contributed by atoms with Gasteiger partial charge in [-0.1, -0.05) is 13.8 Å². The molecule has 1 amide bonds. The van der Waals surface area contributed by atoms with E-state index >= 15 is 0 Å². The Kier molecular flexibility index (Phi) is 6.49. The van der Waals surface area contributed by atoms with Gasteiger partial charge in [-0.3, -0.25) is 14.9 Å². The van der Waals surface area contributed by atoms with E-state index in [0.717, 1.165) is 37.3 Å². The molecule has 0 aromatic heterocycles. The third-order valence-electron chi connectivity index (χ3n) is 8.78. The average molecular weight is 484 g/mol. The van der Waals surface area contributed by atoms with Gasteiger partial charge in [0.05, 0.1) is 10.5 Å². The number of hydrogen-bond acceptors (Lipinski definition) is 6. The lowest BCUT2D eigenvalue weighted by Gasteiger charge is -2.56. The number of nitrogens with zero attached hydrogens (tertiary/aromatic N) is 2. The topological polar surface area (TPSA) is 102 Å². The Labute approximate surface area is 206 Å². The summed E-state index contributed by atoms with van der Waals surface area (Å²) in [5.41, 5.74) is 0.728. The quantitative estimate of drug-likeness (QED) is 0.346. The molecule has 1 aromatic rings. The highest BCUT2D eigenvalue weighted by Gasteiger charge is 2.50. The second-order valence-electron chi connectivity index (χ2n) is 12.1. The molecular weight excluding hydrogens is 446 g/mol. The van der Waals surface area contributed by atoms with Crippen LogP contribution in [0.1, 0.15) is 69.2 Å². The van der Waals surface area contributed by atoms with Crippen LogP contribution < -0.4 is 10.2 Å². The second kappa shape index (κ2) is 9.43. The van der Waals surface area contributed by atoms with Crippen molar-refractivity contribution >= 4 is 23.3 Å². The number of rotatable bonds is 7. The Morgan fingerprint density at radius 1 is 1.06 bits per heavy atom. The molecule has 0 radical (unpaired) electrons. The van der Waals surface area contributed by atoms with Crippen LogP contribution in [-0.2, 0) is 9.53 Å². The van der Waals surface area contributed by atoms with Crippen molar-refractivity contribution in [3.05, 3.63) is 33.9 Å². The van der Waals surface area contributed by atoms with Gasteiger partial charge in [0.15, 0.2) is 6.61 Å². The van der Waals surface area contributed by atoms with Crippen LogP contribution in [-0.4, -0.2) is 43.0 Å². The van der Waals surface area contributed by atoms with Gasteiger partial charge in [0.1, 0.15) is 5.69 Å². The summed E-state index contributed by atoms with van der Waals surface area (Å²) in [4.78, 5) is 38.4. The maximum absolute atomic E-state index is 12.6. The van der Waals surface area contributed by atoms with Crippen molar-refractivity contribution in [3.8, 4) is 0 Å². The minimum Gasteiger partial charge on any atom is -0.452 e. The van der Waals surface area contributed by atoms with E-state index in [9.17, 15) is 19.7 Å². The molecule has 1 N–H and O–H groups in total. The number of hydrogen-bond donors (Lipinski definition) is 1. The third kappa shape index (κ3) is 5.16. The largest absolute Gasteiger partial charge is 0.452 e. The fourth-order valence-electron chi connectivity index (χ4n) is 7.98. The summed E-state index contributed by atoms with van der Waals surface area (Å²) in [6.07, 6.45) is 8.75. The Hall–Kier alpha value is -2.64. The van der Waals surface area contributed by atoms with Crippen LogP contribution in [0.25, 0.3) is 0 Å². The summed E-state index contributed by atoms with van der Waals surface area (Å²) in [7, 11) is 0. The standard InChI is InChI=1S/C27H37N3O5/c1-17-5-18(2)14-29(13-17)23-4-3-22(9-24(23)30(33)34)26(32)35-15-25(31)28-16-27-10-19-6-20(11-27)8-21(7-19)12-27/h3-4,9,17-21H,5-8,10-16H2,1-2H3,(H,28,31)/t17-,18+,19?,20?,21?,27?. The van der Waals surface area contributed by atoms with E-state index < -0.39 is 10.9 Å². The molecule has 4 saturated carbocycles. The van der Waals surface area contributed by atoms with Gasteiger partial charge >= 0.3 is 5.97 Å². The number of amides is 1. The first-order valence-electron chi connectivity index (χ1n) is 13.2. The lowest BCUT2D eigenvalue weighted by atomic mass is 9.49. The van der Waals surface area contributed by atoms with E-state index in [1.54, 1.807) is 12.1 Å². The van der Waals surface area contributed by atoms with Gasteiger partial charge < -0.3 is 15.0 Å². The zero-order valence-electron chi connectivity index (χ0n) is 20.8. The molecule has 5 fully saturated rings. The molecule has 35 heavy (non-hydrogen) atoms. The lowest BCUT2D eigenvalue weighted by Crippen LogP contribution is -2.51.